The molecule has 0 unspecified atom stereocenters. The number of para-hydroxylation sites is 1. The molecular formula is C27H28Cl2F2N6O3S. The highest BCUT2D eigenvalue weighted by Gasteiger charge is 2.38. The van der Waals surface area contributed by atoms with Gasteiger partial charge in [0.1, 0.15) is 0 Å². The Bertz CT molecular complexity index is 1650. The Balaban J connectivity index is 0.00000387. The molecular weight excluding hydrogens is 597 g/mol. The third kappa shape index (κ3) is 6.30. The molecule has 4 aromatic rings. The van der Waals surface area contributed by atoms with Crippen molar-refractivity contribution in [2.45, 2.75) is 48.6 Å². The molecule has 1 saturated carbocycles. The molecule has 14 heteroatoms. The van der Waals surface area contributed by atoms with Crippen LogP contribution < -0.4 is 16.4 Å². The number of carbonyl (C=O) groups excluding carboxylic acids is 1. The minimum Gasteiger partial charge on any atom is -0.351 e. The molecule has 1 aliphatic carbocycles. The highest BCUT2D eigenvalue weighted by molar-refractivity contribution is 7.90. The maximum absolute atomic E-state index is 13.6. The molecule has 0 bridgehead atoms. The second-order valence-electron chi connectivity index (χ2n) is 9.65. The van der Waals surface area contributed by atoms with Crippen LogP contribution in [-0.4, -0.2) is 52.8 Å². The van der Waals surface area contributed by atoms with Crippen molar-refractivity contribution in [3.8, 4) is 11.3 Å². The fraction of sp³-hybridized carbons (Fsp3) is 0.296. The van der Waals surface area contributed by atoms with E-state index in [1.807, 2.05) is 0 Å². The Morgan fingerprint density at radius 2 is 1.78 bits per heavy atom. The monoisotopic (exact) mass is 624 g/mol. The molecule has 9 nitrogen and oxygen atoms in total. The third-order valence-corrected chi connectivity index (χ3v) is 8.87. The molecule has 2 aromatic carbocycles. The summed E-state index contributed by atoms with van der Waals surface area (Å²) >= 11 is 6.51. The van der Waals surface area contributed by atoms with Gasteiger partial charge in [0.25, 0.3) is 15.9 Å². The molecule has 2 heterocycles. The average Bonchev–Trinajstić information content (AvgIpc) is 3.35. The number of benzene rings is 2. The van der Waals surface area contributed by atoms with Crippen LogP contribution in [0.1, 0.15) is 25.7 Å². The largest absolute Gasteiger partial charge is 0.351 e. The van der Waals surface area contributed by atoms with Crippen LogP contribution in [0.15, 0.2) is 71.9 Å². The first-order chi connectivity index (χ1) is 19.1. The number of anilines is 1. The number of fused-ring (bicyclic) bond motifs is 1. The van der Waals surface area contributed by atoms with E-state index in [4.69, 9.17) is 17.3 Å². The lowest BCUT2D eigenvalue weighted by molar-refractivity contribution is -0.145. The van der Waals surface area contributed by atoms with Gasteiger partial charge in [0.15, 0.2) is 0 Å². The number of rotatable bonds is 8. The first-order valence-electron chi connectivity index (χ1n) is 12.7. The smallest absolute Gasteiger partial charge is 0.336 e. The van der Waals surface area contributed by atoms with Gasteiger partial charge in [-0.1, -0.05) is 48.0 Å². The van der Waals surface area contributed by atoms with Gasteiger partial charge in [-0.15, -0.1) is 12.4 Å². The lowest BCUT2D eigenvalue weighted by Gasteiger charge is -2.31. The number of nitrogens with zero attached hydrogens (tertiary/aromatic N) is 3. The number of aromatic nitrogens is 3. The summed E-state index contributed by atoms with van der Waals surface area (Å²) in [7, 11) is -3.91. The van der Waals surface area contributed by atoms with Gasteiger partial charge in [-0.05, 0) is 43.9 Å². The van der Waals surface area contributed by atoms with E-state index in [1.54, 1.807) is 42.5 Å². The van der Waals surface area contributed by atoms with E-state index in [2.05, 4.69) is 20.6 Å². The summed E-state index contributed by atoms with van der Waals surface area (Å²) in [5, 5.41) is 6.47. The Morgan fingerprint density at radius 1 is 1.10 bits per heavy atom. The van der Waals surface area contributed by atoms with Crippen LogP contribution in [0.5, 0.6) is 0 Å². The Hall–Kier alpha value is -3.32. The van der Waals surface area contributed by atoms with Crippen LogP contribution in [0.2, 0.25) is 5.02 Å². The summed E-state index contributed by atoms with van der Waals surface area (Å²) in [6, 6.07) is 14.5. The van der Waals surface area contributed by atoms with Crippen molar-refractivity contribution >= 4 is 56.8 Å². The van der Waals surface area contributed by atoms with Crippen molar-refractivity contribution in [3.05, 3.63) is 72.0 Å². The molecule has 1 amide bonds. The molecule has 2 aromatic heterocycles. The van der Waals surface area contributed by atoms with Gasteiger partial charge in [-0.25, -0.2) is 22.4 Å². The van der Waals surface area contributed by atoms with Crippen LogP contribution in [0, 0.1) is 0 Å². The van der Waals surface area contributed by atoms with Gasteiger partial charge in [-0.2, -0.15) is 8.78 Å². The molecule has 41 heavy (non-hydrogen) atoms. The molecule has 2 atom stereocenters. The molecule has 0 radical (unpaired) electrons. The maximum atomic E-state index is 13.6. The second kappa shape index (κ2) is 12.3. The van der Waals surface area contributed by atoms with Crippen molar-refractivity contribution in [1.29, 1.82) is 0 Å². The van der Waals surface area contributed by atoms with Crippen LogP contribution >= 0.6 is 24.0 Å². The van der Waals surface area contributed by atoms with E-state index >= 15 is 0 Å². The van der Waals surface area contributed by atoms with E-state index < -0.39 is 34.4 Å². The summed E-state index contributed by atoms with van der Waals surface area (Å²) in [5.41, 5.74) is 6.32. The number of nitrogens with two attached hydrogens (primary N) is 1. The lowest BCUT2D eigenvalue weighted by Crippen LogP contribution is -2.51. The highest BCUT2D eigenvalue weighted by atomic mass is 35.5. The van der Waals surface area contributed by atoms with Crippen molar-refractivity contribution < 1.29 is 22.0 Å². The van der Waals surface area contributed by atoms with Crippen molar-refractivity contribution in [2.75, 3.05) is 11.9 Å². The fourth-order valence-corrected chi connectivity index (χ4v) is 6.47. The minimum absolute atomic E-state index is 0. The maximum Gasteiger partial charge on any atom is 0.336 e. The normalized spacial score (nSPS) is 17.6. The highest BCUT2D eigenvalue weighted by Crippen LogP contribution is 2.36. The predicted molar refractivity (Wildman–Crippen MR) is 156 cm³/mol. The summed E-state index contributed by atoms with van der Waals surface area (Å²) in [4.78, 5) is 20.9. The quantitative estimate of drug-likeness (QED) is 0.255. The van der Waals surface area contributed by atoms with E-state index in [1.165, 1.54) is 28.5 Å². The summed E-state index contributed by atoms with van der Waals surface area (Å²) in [5.74, 6) is -4.76. The Morgan fingerprint density at radius 3 is 2.51 bits per heavy atom. The Kier molecular flexibility index (Phi) is 9.17. The SMILES string of the molecule is Cl.NCC(F)(F)C(=O)N[C@H]1CCC[C@@H](Nc2ncc(Cl)c(-c3cn(S(=O)(=O)c4ccccc4)c4ccccc34)n2)C1. The standard InChI is InChI=1S/C27H27ClF2N6O3S.ClH/c28-22-14-32-26(34-18-8-6-7-17(13-18)33-25(37)27(29,30)16-31)35-24(22)21-15-36(23-12-5-4-11-20(21)23)40(38,39)19-9-2-1-3-10-19;/h1-5,9-12,14-15,17-18H,6-8,13,16,31H2,(H,33,37)(H,32,34,35);1H/t17-,18+;/m0./s1. The Labute approximate surface area is 247 Å². The summed E-state index contributed by atoms with van der Waals surface area (Å²) in [6.45, 7) is -1.06. The third-order valence-electron chi connectivity index (χ3n) is 6.91. The van der Waals surface area contributed by atoms with E-state index in [-0.39, 0.29) is 34.3 Å². The van der Waals surface area contributed by atoms with Crippen molar-refractivity contribution in [2.24, 2.45) is 5.73 Å². The molecule has 0 spiro atoms. The van der Waals surface area contributed by atoms with Crippen LogP contribution in [0.4, 0.5) is 14.7 Å². The van der Waals surface area contributed by atoms with Crippen LogP contribution in [-0.2, 0) is 14.8 Å². The van der Waals surface area contributed by atoms with E-state index in [0.29, 0.717) is 41.4 Å². The molecule has 1 aliphatic rings. The number of carbonyl (C=O) groups is 1. The summed E-state index contributed by atoms with van der Waals surface area (Å²) in [6.07, 6.45) is 5.29. The first-order valence-corrected chi connectivity index (χ1v) is 14.5. The number of hydrogen-bond donors (Lipinski definition) is 3. The topological polar surface area (TPSA) is 132 Å². The van der Waals surface area contributed by atoms with Gasteiger partial charge in [0.2, 0.25) is 5.95 Å². The number of alkyl halides is 2. The van der Waals surface area contributed by atoms with Gasteiger partial charge in [0, 0.05) is 29.2 Å². The first kappa shape index (κ1) is 30.6. The molecule has 0 saturated heterocycles. The lowest BCUT2D eigenvalue weighted by atomic mass is 9.91. The molecule has 4 N–H and O–H groups in total. The number of amides is 1. The zero-order valence-electron chi connectivity index (χ0n) is 21.6. The average molecular weight is 626 g/mol. The van der Waals surface area contributed by atoms with Crippen molar-refractivity contribution in [3.63, 3.8) is 0 Å². The second-order valence-corrected chi connectivity index (χ2v) is 11.9. The number of halogens is 4. The summed E-state index contributed by atoms with van der Waals surface area (Å²) < 4.78 is 55.5. The zero-order valence-corrected chi connectivity index (χ0v) is 24.0. The predicted octanol–water partition coefficient (Wildman–Crippen LogP) is 4.84. The van der Waals surface area contributed by atoms with Gasteiger partial charge in [-0.3, -0.25) is 4.79 Å². The molecule has 5 rings (SSSR count). The fourth-order valence-electron chi connectivity index (χ4n) is 4.89. The molecule has 218 valence electrons. The van der Waals surface area contributed by atoms with Gasteiger partial charge >= 0.3 is 5.92 Å². The van der Waals surface area contributed by atoms with E-state index in [0.717, 1.165) is 6.42 Å². The van der Waals surface area contributed by atoms with E-state index in [9.17, 15) is 22.0 Å². The minimum atomic E-state index is -3.91. The molecule has 0 aliphatic heterocycles. The zero-order chi connectivity index (χ0) is 28.5. The van der Waals surface area contributed by atoms with Crippen LogP contribution in [0.3, 0.4) is 0 Å². The van der Waals surface area contributed by atoms with Gasteiger partial charge < -0.3 is 16.4 Å². The number of nitrogens with one attached hydrogen (secondary N) is 2. The van der Waals surface area contributed by atoms with Gasteiger partial charge in [0.05, 0.1) is 33.9 Å². The molecule has 1 fully saturated rings. The van der Waals surface area contributed by atoms with Crippen molar-refractivity contribution in [1.82, 2.24) is 19.3 Å². The van der Waals surface area contributed by atoms with Crippen LogP contribution in [0.25, 0.3) is 22.2 Å². The number of hydrogen-bond acceptors (Lipinski definition) is 7.